The number of aromatic nitrogens is 2. The number of alkyl carbamates (subject to hydrolysis) is 1. The van der Waals surface area contributed by atoms with Gasteiger partial charge in [0.25, 0.3) is 0 Å². The number of hydrogen-bond donors (Lipinski definition) is 1. The Bertz CT molecular complexity index is 347. The molecule has 0 aliphatic heterocycles. The van der Waals surface area contributed by atoms with Crippen molar-refractivity contribution in [3.63, 3.8) is 0 Å². The lowest BCUT2D eigenvalue weighted by molar-refractivity contribution is 0.0527. The van der Waals surface area contributed by atoms with Crippen LogP contribution in [0.2, 0.25) is 0 Å². The first kappa shape index (κ1) is 13.4. The lowest BCUT2D eigenvalue weighted by atomic mass is 10.2. The standard InChI is InChI=1S/C12H19N3O2/c1-12(2,3)17-11(16)14-7-4-5-10-6-8-13-9-15-10/h6,8-9H,4-5,7H2,1-3H3,(H,14,16). The zero-order valence-corrected chi connectivity index (χ0v) is 10.6. The van der Waals surface area contributed by atoms with Crippen molar-refractivity contribution in [1.29, 1.82) is 0 Å². The minimum atomic E-state index is -0.448. The summed E-state index contributed by atoms with van der Waals surface area (Å²) in [5.41, 5.74) is 0.530. The van der Waals surface area contributed by atoms with Gasteiger partial charge in [0, 0.05) is 18.4 Å². The maximum Gasteiger partial charge on any atom is 0.407 e. The van der Waals surface area contributed by atoms with Gasteiger partial charge in [0.15, 0.2) is 0 Å². The highest BCUT2D eigenvalue weighted by molar-refractivity contribution is 5.67. The molecule has 0 aliphatic carbocycles. The summed E-state index contributed by atoms with van der Waals surface area (Å²) in [6, 6.07) is 1.87. The third kappa shape index (κ3) is 6.50. The molecule has 0 unspecified atom stereocenters. The number of aryl methyl sites for hydroxylation is 1. The van der Waals surface area contributed by atoms with E-state index in [4.69, 9.17) is 4.74 Å². The molecule has 0 spiro atoms. The highest BCUT2D eigenvalue weighted by Crippen LogP contribution is 2.06. The summed E-state index contributed by atoms with van der Waals surface area (Å²) < 4.78 is 5.11. The molecule has 0 aliphatic rings. The summed E-state index contributed by atoms with van der Waals surface area (Å²) >= 11 is 0. The van der Waals surface area contributed by atoms with E-state index in [-0.39, 0.29) is 6.09 Å². The van der Waals surface area contributed by atoms with Crippen LogP contribution in [0.4, 0.5) is 4.79 Å². The molecule has 1 aromatic heterocycles. The Balaban J connectivity index is 2.14. The number of hydrogen-bond acceptors (Lipinski definition) is 4. The second kappa shape index (κ2) is 6.18. The first-order chi connectivity index (χ1) is 7.97. The fraction of sp³-hybridized carbons (Fsp3) is 0.583. The van der Waals surface area contributed by atoms with E-state index in [9.17, 15) is 4.79 Å². The van der Waals surface area contributed by atoms with E-state index in [0.29, 0.717) is 6.54 Å². The van der Waals surface area contributed by atoms with Crippen LogP contribution in [-0.4, -0.2) is 28.2 Å². The van der Waals surface area contributed by atoms with Gasteiger partial charge in [-0.15, -0.1) is 0 Å². The number of rotatable bonds is 4. The molecule has 0 saturated carbocycles. The van der Waals surface area contributed by atoms with Gasteiger partial charge in [-0.05, 0) is 39.7 Å². The molecule has 1 N–H and O–H groups in total. The summed E-state index contributed by atoms with van der Waals surface area (Å²) in [6.07, 6.45) is 4.51. The van der Waals surface area contributed by atoms with Crippen LogP contribution in [-0.2, 0) is 11.2 Å². The molecule has 17 heavy (non-hydrogen) atoms. The smallest absolute Gasteiger partial charge is 0.407 e. The van der Waals surface area contributed by atoms with Crippen LogP contribution in [0.1, 0.15) is 32.9 Å². The summed E-state index contributed by atoms with van der Waals surface area (Å²) in [6.45, 7) is 6.10. The van der Waals surface area contributed by atoms with Crippen LogP contribution >= 0.6 is 0 Å². The second-order valence-corrected chi connectivity index (χ2v) is 4.73. The molecule has 1 aromatic rings. The topological polar surface area (TPSA) is 64.1 Å². The van der Waals surface area contributed by atoms with E-state index in [1.54, 1.807) is 6.20 Å². The minimum absolute atomic E-state index is 0.375. The van der Waals surface area contributed by atoms with Crippen molar-refractivity contribution >= 4 is 6.09 Å². The molecular formula is C12H19N3O2. The minimum Gasteiger partial charge on any atom is -0.444 e. The molecule has 1 rings (SSSR count). The lowest BCUT2D eigenvalue weighted by Crippen LogP contribution is -2.33. The van der Waals surface area contributed by atoms with Gasteiger partial charge in [-0.2, -0.15) is 0 Å². The Morgan fingerprint density at radius 3 is 2.82 bits per heavy atom. The molecule has 1 amide bonds. The van der Waals surface area contributed by atoms with Crippen molar-refractivity contribution in [3.8, 4) is 0 Å². The van der Waals surface area contributed by atoms with Crippen molar-refractivity contribution in [2.45, 2.75) is 39.2 Å². The largest absolute Gasteiger partial charge is 0.444 e. The zero-order chi connectivity index (χ0) is 12.7. The monoisotopic (exact) mass is 237 g/mol. The quantitative estimate of drug-likeness (QED) is 0.813. The van der Waals surface area contributed by atoms with Crippen molar-refractivity contribution in [2.24, 2.45) is 0 Å². The van der Waals surface area contributed by atoms with Crippen molar-refractivity contribution < 1.29 is 9.53 Å². The Morgan fingerprint density at radius 2 is 2.24 bits per heavy atom. The van der Waals surface area contributed by atoms with Crippen LogP contribution in [0.5, 0.6) is 0 Å². The SMILES string of the molecule is CC(C)(C)OC(=O)NCCCc1ccncn1. The second-order valence-electron chi connectivity index (χ2n) is 4.73. The van der Waals surface area contributed by atoms with Gasteiger partial charge in [0.1, 0.15) is 11.9 Å². The molecule has 0 aromatic carbocycles. The van der Waals surface area contributed by atoms with Crippen LogP contribution < -0.4 is 5.32 Å². The van der Waals surface area contributed by atoms with Crippen LogP contribution in [0.15, 0.2) is 18.6 Å². The Labute approximate surface area is 102 Å². The van der Waals surface area contributed by atoms with Crippen LogP contribution in [0.25, 0.3) is 0 Å². The number of nitrogens with zero attached hydrogens (tertiary/aromatic N) is 2. The maximum absolute atomic E-state index is 11.3. The highest BCUT2D eigenvalue weighted by Gasteiger charge is 2.15. The van der Waals surface area contributed by atoms with Gasteiger partial charge in [0.05, 0.1) is 0 Å². The fourth-order valence-corrected chi connectivity index (χ4v) is 1.24. The van der Waals surface area contributed by atoms with Gasteiger partial charge in [-0.3, -0.25) is 0 Å². The van der Waals surface area contributed by atoms with E-state index < -0.39 is 5.60 Å². The van der Waals surface area contributed by atoms with Gasteiger partial charge >= 0.3 is 6.09 Å². The van der Waals surface area contributed by atoms with Crippen molar-refractivity contribution in [1.82, 2.24) is 15.3 Å². The summed E-state index contributed by atoms with van der Waals surface area (Å²) in [7, 11) is 0. The third-order valence-corrected chi connectivity index (χ3v) is 1.92. The van der Waals surface area contributed by atoms with E-state index >= 15 is 0 Å². The van der Waals surface area contributed by atoms with E-state index in [2.05, 4.69) is 15.3 Å². The van der Waals surface area contributed by atoms with E-state index in [1.165, 1.54) is 6.33 Å². The highest BCUT2D eigenvalue weighted by atomic mass is 16.6. The normalized spacial score (nSPS) is 11.0. The Morgan fingerprint density at radius 1 is 1.47 bits per heavy atom. The summed E-state index contributed by atoms with van der Waals surface area (Å²) in [5, 5.41) is 2.70. The lowest BCUT2D eigenvalue weighted by Gasteiger charge is -2.19. The van der Waals surface area contributed by atoms with E-state index in [1.807, 2.05) is 26.8 Å². The van der Waals surface area contributed by atoms with Crippen LogP contribution in [0.3, 0.4) is 0 Å². The number of carbonyl (C=O) groups is 1. The molecule has 0 saturated heterocycles. The molecular weight excluding hydrogens is 218 g/mol. The molecule has 5 nitrogen and oxygen atoms in total. The number of carbonyl (C=O) groups excluding carboxylic acids is 1. The molecule has 0 fully saturated rings. The fourth-order valence-electron chi connectivity index (χ4n) is 1.24. The molecule has 0 radical (unpaired) electrons. The summed E-state index contributed by atoms with van der Waals surface area (Å²) in [5.74, 6) is 0. The number of nitrogens with one attached hydrogen (secondary N) is 1. The van der Waals surface area contributed by atoms with Gasteiger partial charge in [-0.25, -0.2) is 14.8 Å². The van der Waals surface area contributed by atoms with Gasteiger partial charge in [-0.1, -0.05) is 0 Å². The Hall–Kier alpha value is -1.65. The van der Waals surface area contributed by atoms with Crippen molar-refractivity contribution in [2.75, 3.05) is 6.54 Å². The molecule has 1 heterocycles. The average Bonchev–Trinajstić information content (AvgIpc) is 2.23. The van der Waals surface area contributed by atoms with Gasteiger partial charge < -0.3 is 10.1 Å². The molecule has 0 atom stereocenters. The van der Waals surface area contributed by atoms with E-state index in [0.717, 1.165) is 18.5 Å². The maximum atomic E-state index is 11.3. The molecule has 94 valence electrons. The molecule has 5 heteroatoms. The first-order valence-corrected chi connectivity index (χ1v) is 5.69. The van der Waals surface area contributed by atoms with Gasteiger partial charge in [0.2, 0.25) is 0 Å². The summed E-state index contributed by atoms with van der Waals surface area (Å²) in [4.78, 5) is 19.3. The van der Waals surface area contributed by atoms with Crippen molar-refractivity contribution in [3.05, 3.63) is 24.3 Å². The predicted molar refractivity (Wildman–Crippen MR) is 64.6 cm³/mol. The molecule has 0 bridgehead atoms. The van der Waals surface area contributed by atoms with Crippen LogP contribution in [0, 0.1) is 0 Å². The predicted octanol–water partition coefficient (Wildman–Crippen LogP) is 1.93. The number of ether oxygens (including phenoxy) is 1. The Kier molecular flexibility index (Phi) is 4.87. The third-order valence-electron chi connectivity index (χ3n) is 1.92. The first-order valence-electron chi connectivity index (χ1n) is 5.69. The zero-order valence-electron chi connectivity index (χ0n) is 10.6. The number of amides is 1. The average molecular weight is 237 g/mol.